The fourth-order valence-electron chi connectivity index (χ4n) is 2.64. The largest absolute Gasteiger partial charge is 0.238 e. The molecule has 0 amide bonds. The summed E-state index contributed by atoms with van der Waals surface area (Å²) in [4.78, 5) is 0. The lowest BCUT2D eigenvalue weighted by Crippen LogP contribution is -2.71. The molecule has 0 spiro atoms. The van der Waals surface area contributed by atoms with Crippen LogP contribution in [-0.4, -0.2) is 13.2 Å². The van der Waals surface area contributed by atoms with Crippen LogP contribution in [0.5, 0.6) is 0 Å². The van der Waals surface area contributed by atoms with Gasteiger partial charge in [-0.05, 0) is 30.6 Å². The van der Waals surface area contributed by atoms with Crippen LogP contribution in [0, 0.1) is 11.3 Å². The molecule has 2 nitrogen and oxygen atoms in total. The molecule has 4 heteroatoms. The first kappa shape index (κ1) is 8.82. The highest BCUT2D eigenvalue weighted by atomic mass is 35.7. The topological polar surface area (TPSA) is 34.1 Å². The van der Waals surface area contributed by atoms with E-state index in [2.05, 4.69) is 13.8 Å². The van der Waals surface area contributed by atoms with E-state index in [-0.39, 0.29) is 0 Å². The molecule has 3 aliphatic rings. The number of rotatable bonds is 2. The van der Waals surface area contributed by atoms with E-state index in [1.165, 1.54) is 0 Å². The molecule has 0 aromatic carbocycles. The molecule has 0 atom stereocenters. The van der Waals surface area contributed by atoms with Gasteiger partial charge in [0.05, 0.1) is 4.75 Å². The first-order valence-electron chi connectivity index (χ1n) is 4.26. The third-order valence-electron chi connectivity index (χ3n) is 3.76. The fourth-order valence-corrected chi connectivity index (χ4v) is 4.51. The molecule has 0 heterocycles. The van der Waals surface area contributed by atoms with E-state index in [1.807, 2.05) is 0 Å². The van der Waals surface area contributed by atoms with Gasteiger partial charge in [0.25, 0.3) is 0 Å². The van der Waals surface area contributed by atoms with Crippen LogP contribution in [0.2, 0.25) is 0 Å². The first-order valence-corrected chi connectivity index (χ1v) is 6.57. The summed E-state index contributed by atoms with van der Waals surface area (Å²) in [6.07, 6.45) is 2.39. The van der Waals surface area contributed by atoms with Crippen LogP contribution < -0.4 is 0 Å². The molecule has 0 unspecified atom stereocenters. The second kappa shape index (κ2) is 2.01. The molecule has 70 valence electrons. The molecular formula is C8H13ClO2S. The van der Waals surface area contributed by atoms with E-state index in [4.69, 9.17) is 10.7 Å². The maximum absolute atomic E-state index is 11.1. The van der Waals surface area contributed by atoms with E-state index in [0.717, 1.165) is 19.3 Å². The van der Waals surface area contributed by atoms with E-state index >= 15 is 0 Å². The fraction of sp³-hybridized carbons (Fsp3) is 1.00. The second-order valence-corrected chi connectivity index (χ2v) is 7.63. The minimum absolute atomic E-state index is 0.321. The summed E-state index contributed by atoms with van der Waals surface area (Å²) in [5.74, 6) is 0.595. The van der Waals surface area contributed by atoms with Crippen molar-refractivity contribution in [2.45, 2.75) is 37.9 Å². The molecule has 3 rings (SSSR count). The third-order valence-corrected chi connectivity index (χ3v) is 6.21. The number of halogens is 1. The molecule has 3 saturated carbocycles. The molecule has 2 bridgehead atoms. The van der Waals surface area contributed by atoms with Gasteiger partial charge >= 0.3 is 0 Å². The highest BCUT2D eigenvalue weighted by molar-refractivity contribution is 8.15. The quantitative estimate of drug-likeness (QED) is 0.652. The smallest absolute Gasteiger partial charge is 0.212 e. The summed E-state index contributed by atoms with van der Waals surface area (Å²) in [6, 6.07) is 0. The summed E-state index contributed by atoms with van der Waals surface area (Å²) in [6.45, 7) is 4.31. The Morgan fingerprint density at radius 3 is 1.92 bits per heavy atom. The van der Waals surface area contributed by atoms with Crippen molar-refractivity contribution in [2.75, 3.05) is 0 Å². The molecular weight excluding hydrogens is 196 g/mol. The standard InChI is InChI=1S/C8H13ClO2S/c1-6(2)7-3-8(4-7,5-7)12(9,10)11/h6H,3-5H2,1-2H3. The van der Waals surface area contributed by atoms with Gasteiger partial charge in [0.2, 0.25) is 9.05 Å². The lowest BCUT2D eigenvalue weighted by molar-refractivity contribution is -0.117. The third kappa shape index (κ3) is 0.791. The Morgan fingerprint density at radius 1 is 1.25 bits per heavy atom. The second-order valence-electron chi connectivity index (χ2n) is 4.67. The molecule has 0 aromatic heterocycles. The Hall–Kier alpha value is 0.240. The zero-order valence-corrected chi connectivity index (χ0v) is 8.87. The van der Waals surface area contributed by atoms with Gasteiger partial charge in [-0.25, -0.2) is 8.42 Å². The van der Waals surface area contributed by atoms with Crippen molar-refractivity contribution >= 4 is 19.7 Å². The van der Waals surface area contributed by atoms with Crippen molar-refractivity contribution in [3.05, 3.63) is 0 Å². The van der Waals surface area contributed by atoms with E-state index in [1.54, 1.807) is 0 Å². The Labute approximate surface area is 77.7 Å². The van der Waals surface area contributed by atoms with Crippen molar-refractivity contribution in [3.8, 4) is 0 Å². The molecule has 3 fully saturated rings. The maximum atomic E-state index is 11.1. The molecule has 12 heavy (non-hydrogen) atoms. The van der Waals surface area contributed by atoms with Crippen LogP contribution >= 0.6 is 10.7 Å². The monoisotopic (exact) mass is 208 g/mol. The SMILES string of the molecule is CC(C)C12CC(S(=O)(=O)Cl)(C1)C2. The van der Waals surface area contributed by atoms with Gasteiger partial charge in [-0.15, -0.1) is 0 Å². The van der Waals surface area contributed by atoms with Crippen molar-refractivity contribution in [1.82, 2.24) is 0 Å². The molecule has 0 radical (unpaired) electrons. The van der Waals surface area contributed by atoms with Crippen molar-refractivity contribution in [1.29, 1.82) is 0 Å². The zero-order valence-electron chi connectivity index (χ0n) is 7.30. The van der Waals surface area contributed by atoms with Gasteiger partial charge < -0.3 is 0 Å². The highest BCUT2D eigenvalue weighted by Crippen LogP contribution is 2.74. The van der Waals surface area contributed by atoms with Crippen LogP contribution in [0.25, 0.3) is 0 Å². The lowest BCUT2D eigenvalue weighted by Gasteiger charge is -2.70. The molecule has 0 aromatic rings. The van der Waals surface area contributed by atoms with Crippen LogP contribution in [-0.2, 0) is 9.05 Å². The van der Waals surface area contributed by atoms with Crippen molar-refractivity contribution < 1.29 is 8.42 Å². The normalized spacial score (nSPS) is 45.3. The highest BCUT2D eigenvalue weighted by Gasteiger charge is 2.74. The molecule has 3 aliphatic carbocycles. The average molecular weight is 209 g/mol. The Balaban J connectivity index is 2.15. The van der Waals surface area contributed by atoms with E-state index in [9.17, 15) is 8.42 Å². The Morgan fingerprint density at radius 2 is 1.67 bits per heavy atom. The van der Waals surface area contributed by atoms with Crippen molar-refractivity contribution in [2.24, 2.45) is 11.3 Å². The summed E-state index contributed by atoms with van der Waals surface area (Å²) < 4.78 is 21.7. The molecule has 0 N–H and O–H groups in total. The van der Waals surface area contributed by atoms with Gasteiger partial charge in [0, 0.05) is 10.7 Å². The summed E-state index contributed by atoms with van der Waals surface area (Å²) in [7, 11) is 2.05. The zero-order chi connectivity index (χ0) is 9.20. The van der Waals surface area contributed by atoms with E-state index < -0.39 is 13.8 Å². The summed E-state index contributed by atoms with van der Waals surface area (Å²) >= 11 is 0. The van der Waals surface area contributed by atoms with Gasteiger partial charge in [0.1, 0.15) is 0 Å². The average Bonchev–Trinajstić information content (AvgIpc) is 1.46. The molecule has 0 aliphatic heterocycles. The Kier molecular flexibility index (Phi) is 1.47. The van der Waals surface area contributed by atoms with Crippen LogP contribution in [0.4, 0.5) is 0 Å². The number of hydrogen-bond acceptors (Lipinski definition) is 2. The molecule has 0 saturated heterocycles. The van der Waals surface area contributed by atoms with Crippen LogP contribution in [0.15, 0.2) is 0 Å². The number of hydrogen-bond donors (Lipinski definition) is 0. The summed E-state index contributed by atoms with van der Waals surface area (Å²) in [5, 5.41) is 0. The van der Waals surface area contributed by atoms with Gasteiger partial charge in [-0.1, -0.05) is 13.8 Å². The predicted octanol–water partition coefficient (Wildman–Crippen LogP) is 2.13. The first-order chi connectivity index (χ1) is 5.31. The maximum Gasteiger partial charge on any atom is 0.238 e. The predicted molar refractivity (Wildman–Crippen MR) is 48.6 cm³/mol. The lowest BCUT2D eigenvalue weighted by atomic mass is 9.40. The van der Waals surface area contributed by atoms with Gasteiger partial charge in [0.15, 0.2) is 0 Å². The van der Waals surface area contributed by atoms with Gasteiger partial charge in [-0.2, -0.15) is 0 Å². The van der Waals surface area contributed by atoms with Crippen LogP contribution in [0.1, 0.15) is 33.1 Å². The Bertz CT molecular complexity index is 298. The summed E-state index contributed by atoms with van der Waals surface area (Å²) in [5.41, 5.74) is 0.321. The van der Waals surface area contributed by atoms with E-state index in [0.29, 0.717) is 11.3 Å². The van der Waals surface area contributed by atoms with Crippen molar-refractivity contribution in [3.63, 3.8) is 0 Å². The van der Waals surface area contributed by atoms with Gasteiger partial charge in [-0.3, -0.25) is 0 Å². The van der Waals surface area contributed by atoms with Crippen LogP contribution in [0.3, 0.4) is 0 Å². The minimum Gasteiger partial charge on any atom is -0.212 e. The minimum atomic E-state index is -3.30.